The monoisotopic (exact) mass is 275 g/mol. The van der Waals surface area contributed by atoms with Gasteiger partial charge in [0.2, 0.25) is 0 Å². The van der Waals surface area contributed by atoms with Crippen molar-refractivity contribution in [2.24, 2.45) is 0 Å². The van der Waals surface area contributed by atoms with Crippen LogP contribution in [0, 0.1) is 0 Å². The van der Waals surface area contributed by atoms with Crippen LogP contribution in [0.3, 0.4) is 0 Å². The number of carbonyl (C=O) groups excluding carboxylic acids is 1. The molecule has 2 rings (SSSR count). The molecule has 0 amide bonds. The van der Waals surface area contributed by atoms with Crippen LogP contribution >= 0.6 is 0 Å². The number of benzene rings is 1. The van der Waals surface area contributed by atoms with Crippen molar-refractivity contribution in [3.05, 3.63) is 35.4 Å². The normalized spacial score (nSPS) is 18.0. The van der Waals surface area contributed by atoms with E-state index in [1.165, 1.54) is 5.56 Å². The largest absolute Gasteiger partial charge is 0.465 e. The van der Waals surface area contributed by atoms with Gasteiger partial charge in [0.1, 0.15) is 0 Å². The number of piperidine rings is 1. The molecule has 0 saturated carbocycles. The summed E-state index contributed by atoms with van der Waals surface area (Å²) in [6.07, 6.45) is 1.62. The van der Waals surface area contributed by atoms with Crippen molar-refractivity contribution in [2.45, 2.75) is 44.9 Å². The van der Waals surface area contributed by atoms with E-state index in [1.807, 2.05) is 6.92 Å². The summed E-state index contributed by atoms with van der Waals surface area (Å²) in [6.45, 7) is 8.41. The second kappa shape index (κ2) is 6.40. The van der Waals surface area contributed by atoms with E-state index in [9.17, 15) is 4.79 Å². The lowest BCUT2D eigenvalue weighted by molar-refractivity contribution is -0.151. The lowest BCUT2D eigenvalue weighted by Gasteiger charge is -2.35. The van der Waals surface area contributed by atoms with Crippen molar-refractivity contribution in [1.82, 2.24) is 5.32 Å². The number of nitrogens with one attached hydrogen (secondary N) is 1. The van der Waals surface area contributed by atoms with Gasteiger partial charge in [0.05, 0.1) is 12.0 Å². The second-order valence-corrected chi connectivity index (χ2v) is 5.83. The van der Waals surface area contributed by atoms with E-state index in [4.69, 9.17) is 4.74 Å². The zero-order valence-corrected chi connectivity index (χ0v) is 12.7. The Labute approximate surface area is 121 Å². The highest BCUT2D eigenvalue weighted by atomic mass is 16.5. The van der Waals surface area contributed by atoms with Gasteiger partial charge in [-0.05, 0) is 49.9 Å². The molecule has 0 bridgehead atoms. The highest BCUT2D eigenvalue weighted by Gasteiger charge is 2.42. The van der Waals surface area contributed by atoms with Gasteiger partial charge in [-0.2, -0.15) is 0 Å². The number of hydrogen-bond donors (Lipinski definition) is 1. The van der Waals surface area contributed by atoms with E-state index in [-0.39, 0.29) is 5.97 Å². The highest BCUT2D eigenvalue weighted by molar-refractivity contribution is 5.83. The molecule has 0 unspecified atom stereocenters. The molecule has 0 aliphatic carbocycles. The third-order valence-electron chi connectivity index (χ3n) is 4.25. The molecule has 1 aromatic rings. The molecule has 3 nitrogen and oxygen atoms in total. The fourth-order valence-electron chi connectivity index (χ4n) is 2.92. The fraction of sp³-hybridized carbons (Fsp3) is 0.588. The second-order valence-electron chi connectivity index (χ2n) is 5.83. The van der Waals surface area contributed by atoms with Gasteiger partial charge < -0.3 is 10.1 Å². The van der Waals surface area contributed by atoms with Crippen LogP contribution in [-0.2, 0) is 14.9 Å². The van der Waals surface area contributed by atoms with E-state index in [2.05, 4.69) is 43.4 Å². The van der Waals surface area contributed by atoms with Crippen molar-refractivity contribution in [3.8, 4) is 0 Å². The van der Waals surface area contributed by atoms with Crippen LogP contribution in [0.25, 0.3) is 0 Å². The van der Waals surface area contributed by atoms with Crippen molar-refractivity contribution in [3.63, 3.8) is 0 Å². The standard InChI is InChI=1S/C17H25NO2/c1-4-20-16(19)17(9-11-18-12-10-17)15-7-5-14(6-8-15)13(2)3/h5-8,13,18H,4,9-12H2,1-3H3. The first kappa shape index (κ1) is 15.0. The Morgan fingerprint density at radius 2 is 1.85 bits per heavy atom. The van der Waals surface area contributed by atoms with Gasteiger partial charge in [-0.3, -0.25) is 4.79 Å². The van der Waals surface area contributed by atoms with Crippen molar-refractivity contribution in [2.75, 3.05) is 19.7 Å². The van der Waals surface area contributed by atoms with E-state index in [0.29, 0.717) is 12.5 Å². The molecule has 1 N–H and O–H groups in total. The minimum Gasteiger partial charge on any atom is -0.465 e. The third kappa shape index (κ3) is 2.88. The molecule has 0 spiro atoms. The minimum absolute atomic E-state index is 0.0706. The van der Waals surface area contributed by atoms with Gasteiger partial charge in [-0.15, -0.1) is 0 Å². The Morgan fingerprint density at radius 1 is 1.25 bits per heavy atom. The molecule has 1 aliphatic heterocycles. The summed E-state index contributed by atoms with van der Waals surface area (Å²) < 4.78 is 5.35. The number of carbonyl (C=O) groups is 1. The van der Waals surface area contributed by atoms with Crippen LogP contribution in [0.4, 0.5) is 0 Å². The van der Waals surface area contributed by atoms with Crippen molar-refractivity contribution in [1.29, 1.82) is 0 Å². The molecule has 1 saturated heterocycles. The first-order chi connectivity index (χ1) is 9.60. The van der Waals surface area contributed by atoms with Gasteiger partial charge in [0, 0.05) is 0 Å². The minimum atomic E-state index is -0.462. The van der Waals surface area contributed by atoms with E-state index in [0.717, 1.165) is 31.5 Å². The first-order valence-electron chi connectivity index (χ1n) is 7.58. The number of ether oxygens (including phenoxy) is 1. The van der Waals surface area contributed by atoms with Gasteiger partial charge >= 0.3 is 5.97 Å². The average molecular weight is 275 g/mol. The van der Waals surface area contributed by atoms with Crippen LogP contribution < -0.4 is 5.32 Å². The summed E-state index contributed by atoms with van der Waals surface area (Å²) in [7, 11) is 0. The predicted octanol–water partition coefficient (Wildman–Crippen LogP) is 2.99. The maximum atomic E-state index is 12.5. The Balaban J connectivity index is 2.33. The Bertz CT molecular complexity index is 445. The summed E-state index contributed by atoms with van der Waals surface area (Å²) >= 11 is 0. The van der Waals surface area contributed by atoms with Crippen LogP contribution in [0.15, 0.2) is 24.3 Å². The molecule has 1 aromatic carbocycles. The Hall–Kier alpha value is -1.35. The van der Waals surface area contributed by atoms with Gasteiger partial charge in [-0.1, -0.05) is 38.1 Å². The summed E-state index contributed by atoms with van der Waals surface area (Å²) in [4.78, 5) is 12.5. The highest BCUT2D eigenvalue weighted by Crippen LogP contribution is 2.35. The SMILES string of the molecule is CCOC(=O)C1(c2ccc(C(C)C)cc2)CCNCC1. The molecule has 20 heavy (non-hydrogen) atoms. The van der Waals surface area contributed by atoms with E-state index < -0.39 is 5.41 Å². The lowest BCUT2D eigenvalue weighted by Crippen LogP contribution is -2.46. The zero-order valence-electron chi connectivity index (χ0n) is 12.7. The summed E-state index contributed by atoms with van der Waals surface area (Å²) in [5.41, 5.74) is 1.94. The molecule has 0 atom stereocenters. The van der Waals surface area contributed by atoms with E-state index in [1.54, 1.807) is 0 Å². The Morgan fingerprint density at radius 3 is 2.35 bits per heavy atom. The van der Waals surface area contributed by atoms with Crippen molar-refractivity contribution < 1.29 is 9.53 Å². The summed E-state index contributed by atoms with van der Waals surface area (Å²) in [5, 5.41) is 3.33. The third-order valence-corrected chi connectivity index (χ3v) is 4.25. The quantitative estimate of drug-likeness (QED) is 0.859. The molecule has 0 aromatic heterocycles. The first-order valence-corrected chi connectivity index (χ1v) is 7.58. The van der Waals surface area contributed by atoms with Crippen molar-refractivity contribution >= 4 is 5.97 Å². The fourth-order valence-corrected chi connectivity index (χ4v) is 2.92. The Kier molecular flexibility index (Phi) is 4.81. The zero-order chi connectivity index (χ0) is 14.6. The van der Waals surface area contributed by atoms with Crippen LogP contribution in [-0.4, -0.2) is 25.7 Å². The average Bonchev–Trinajstić information content (AvgIpc) is 2.48. The predicted molar refractivity (Wildman–Crippen MR) is 80.9 cm³/mol. The molecule has 1 heterocycles. The van der Waals surface area contributed by atoms with Crippen LogP contribution in [0.5, 0.6) is 0 Å². The lowest BCUT2D eigenvalue weighted by atomic mass is 9.73. The number of esters is 1. The molecule has 110 valence electrons. The smallest absolute Gasteiger partial charge is 0.316 e. The van der Waals surface area contributed by atoms with E-state index >= 15 is 0 Å². The maximum absolute atomic E-state index is 12.5. The van der Waals surface area contributed by atoms with Crippen LogP contribution in [0.2, 0.25) is 0 Å². The molecule has 1 fully saturated rings. The molecule has 3 heteroatoms. The van der Waals surface area contributed by atoms with Gasteiger partial charge in [0.15, 0.2) is 0 Å². The summed E-state index contributed by atoms with van der Waals surface area (Å²) in [5.74, 6) is 0.439. The molecular formula is C17H25NO2. The van der Waals surface area contributed by atoms with Gasteiger partial charge in [-0.25, -0.2) is 0 Å². The van der Waals surface area contributed by atoms with Gasteiger partial charge in [0.25, 0.3) is 0 Å². The summed E-state index contributed by atoms with van der Waals surface area (Å²) in [6, 6.07) is 8.50. The molecule has 1 aliphatic rings. The topological polar surface area (TPSA) is 38.3 Å². The molecule has 0 radical (unpaired) electrons. The number of hydrogen-bond acceptors (Lipinski definition) is 3. The van der Waals surface area contributed by atoms with Crippen LogP contribution in [0.1, 0.15) is 50.7 Å². The maximum Gasteiger partial charge on any atom is 0.316 e. The molecular weight excluding hydrogens is 250 g/mol. The number of rotatable bonds is 4.